The first-order valence-electron chi connectivity index (χ1n) is 9.68. The number of anilines is 1. The molecule has 0 saturated carbocycles. The normalized spacial score (nSPS) is 18.7. The fraction of sp³-hybridized carbons (Fsp3) is 0.409. The third-order valence-corrected chi connectivity index (χ3v) is 9.54. The molecule has 1 heterocycles. The third-order valence-electron chi connectivity index (χ3n) is 5.23. The van der Waals surface area contributed by atoms with Crippen LogP contribution in [-0.2, 0) is 30.6 Å². The fourth-order valence-electron chi connectivity index (χ4n) is 4.12. The number of fused-ring (bicyclic) bond motifs is 5. The smallest absolute Gasteiger partial charge is 0.241 e. The van der Waals surface area contributed by atoms with E-state index in [4.69, 9.17) is 8.85 Å². The maximum atomic E-state index is 6.75. The van der Waals surface area contributed by atoms with Crippen LogP contribution in [0.2, 0.25) is 26.2 Å². The van der Waals surface area contributed by atoms with Crippen LogP contribution in [0.5, 0.6) is 5.75 Å². The van der Waals surface area contributed by atoms with Crippen molar-refractivity contribution in [2.24, 2.45) is 0 Å². The molecular weight excluding hydrogens is 458 g/mol. The fourth-order valence-corrected chi connectivity index (χ4v) is 8.22. The average molecular weight is 488 g/mol. The molecule has 3 aromatic carbocycles. The summed E-state index contributed by atoms with van der Waals surface area (Å²) in [6.45, 7) is 15.7. The Kier molecular flexibility index (Phi) is 5.37. The van der Waals surface area contributed by atoms with Gasteiger partial charge in [-0.3, -0.25) is 0 Å². The first kappa shape index (κ1) is 21.9. The Balaban J connectivity index is 0.00000225. The molecule has 0 fully saturated rings. The van der Waals surface area contributed by atoms with Crippen LogP contribution in [0.3, 0.4) is 0 Å². The number of hydrogen-bond acceptors (Lipinski definition) is 3. The van der Waals surface area contributed by atoms with Crippen LogP contribution < -0.4 is 20.1 Å². The van der Waals surface area contributed by atoms with Crippen molar-refractivity contribution in [3.63, 3.8) is 0 Å². The summed E-state index contributed by atoms with van der Waals surface area (Å²) < 4.78 is 12.9. The van der Waals surface area contributed by atoms with Gasteiger partial charge in [-0.1, -0.05) is 28.8 Å². The molecule has 0 aliphatic carbocycles. The Hall–Kier alpha value is -0.813. The molecule has 1 atom stereocenters. The predicted octanol–water partition coefficient (Wildman–Crippen LogP) is 4.78. The van der Waals surface area contributed by atoms with Crippen molar-refractivity contribution >= 4 is 54.2 Å². The summed E-state index contributed by atoms with van der Waals surface area (Å²) >= 11 is 0. The molecule has 1 aliphatic heterocycles. The zero-order valence-corrected chi connectivity index (χ0v) is 22.7. The number of benzene rings is 2. The summed E-state index contributed by atoms with van der Waals surface area (Å²) in [5, 5.41) is 11.7. The summed E-state index contributed by atoms with van der Waals surface area (Å²) in [6.07, 6.45) is 0. The Morgan fingerprint density at radius 3 is 2.29 bits per heavy atom. The molecule has 0 spiro atoms. The predicted molar refractivity (Wildman–Crippen MR) is 122 cm³/mol. The van der Waals surface area contributed by atoms with Crippen molar-refractivity contribution in [3.8, 4) is 5.75 Å². The summed E-state index contributed by atoms with van der Waals surface area (Å²) in [7, 11) is -1.97. The van der Waals surface area contributed by atoms with Gasteiger partial charge in [0.1, 0.15) is 0 Å². The maximum Gasteiger partial charge on any atom is 0.241 e. The minimum atomic E-state index is -2.02. The summed E-state index contributed by atoms with van der Waals surface area (Å²) in [6, 6.07) is 11.0. The van der Waals surface area contributed by atoms with Gasteiger partial charge >= 0.3 is 0 Å². The van der Waals surface area contributed by atoms with Crippen molar-refractivity contribution in [3.05, 3.63) is 30.3 Å². The second kappa shape index (κ2) is 6.87. The van der Waals surface area contributed by atoms with Gasteiger partial charge in [0, 0.05) is 38.9 Å². The summed E-state index contributed by atoms with van der Waals surface area (Å²) in [5.41, 5.74) is 1.12. The second-order valence-corrected chi connectivity index (χ2v) is 17.7. The molecule has 6 heteroatoms. The van der Waals surface area contributed by atoms with Gasteiger partial charge in [0.2, 0.25) is 16.6 Å². The molecule has 0 aromatic heterocycles. The summed E-state index contributed by atoms with van der Waals surface area (Å²) in [5.74, 6) is 1.03. The van der Waals surface area contributed by atoms with Crippen LogP contribution in [-0.4, -0.2) is 29.3 Å². The minimum Gasteiger partial charge on any atom is -0.548 e. The monoisotopic (exact) mass is 486 g/mol. The van der Waals surface area contributed by atoms with Crippen LogP contribution in [0.1, 0.15) is 20.8 Å². The maximum absolute atomic E-state index is 6.75. The molecule has 0 saturated heterocycles. The van der Waals surface area contributed by atoms with E-state index in [-0.39, 0.29) is 31.7 Å². The van der Waals surface area contributed by atoms with Gasteiger partial charge in [-0.05, 0) is 52.1 Å². The SMILES string of the molecule is CO[Si]1(C)c2c(NC(C)(C)C)c(O[Si](C)(C)C)c3c([cH-]c4ccccc43)c21.[Zr]. The van der Waals surface area contributed by atoms with Crippen molar-refractivity contribution in [1.29, 1.82) is 0 Å². The standard InChI is InChI=1S/C22H30NO2Si2.Zr/c1-22(2,3)23-18-19(25-26(5,6)7)17-15-12-10-9-11-14(15)13-16(17)20-21(18)27(20,8)24-4;/h9-13,23H,1-8H3;/q-1;. The molecule has 3 aromatic rings. The number of nitrogens with one attached hydrogen (secondary N) is 1. The number of rotatable bonds is 4. The molecule has 0 bridgehead atoms. The van der Waals surface area contributed by atoms with E-state index in [1.807, 2.05) is 7.11 Å². The molecule has 0 amide bonds. The van der Waals surface area contributed by atoms with Gasteiger partial charge in [-0.15, -0.1) is 28.3 Å². The molecule has 1 N–H and O–H groups in total. The van der Waals surface area contributed by atoms with Crippen molar-refractivity contribution < 1.29 is 35.1 Å². The van der Waals surface area contributed by atoms with Crippen molar-refractivity contribution in [2.45, 2.75) is 52.5 Å². The average Bonchev–Trinajstić information content (AvgIpc) is 2.98. The Morgan fingerprint density at radius 2 is 1.71 bits per heavy atom. The van der Waals surface area contributed by atoms with Crippen molar-refractivity contribution in [1.82, 2.24) is 0 Å². The molecular formula is C22H30NO2Si2Zr-. The van der Waals surface area contributed by atoms with Crippen LogP contribution in [0.25, 0.3) is 21.5 Å². The van der Waals surface area contributed by atoms with Crippen LogP contribution in [0, 0.1) is 0 Å². The number of hydrogen-bond donors (Lipinski definition) is 1. The van der Waals surface area contributed by atoms with E-state index >= 15 is 0 Å². The third kappa shape index (κ3) is 3.47. The molecule has 1 unspecified atom stereocenters. The first-order chi connectivity index (χ1) is 12.5. The molecule has 4 rings (SSSR count). The zero-order chi connectivity index (χ0) is 19.8. The van der Waals surface area contributed by atoms with Gasteiger partial charge in [0.15, 0.2) is 0 Å². The van der Waals surface area contributed by atoms with E-state index in [1.54, 1.807) is 0 Å². The van der Waals surface area contributed by atoms with Crippen molar-refractivity contribution in [2.75, 3.05) is 12.4 Å². The zero-order valence-electron chi connectivity index (χ0n) is 18.2. The quantitative estimate of drug-likeness (QED) is 0.424. The molecule has 148 valence electrons. The van der Waals surface area contributed by atoms with Crippen LogP contribution >= 0.6 is 0 Å². The Morgan fingerprint density at radius 1 is 1.07 bits per heavy atom. The van der Waals surface area contributed by atoms with Crippen LogP contribution in [0.4, 0.5) is 5.69 Å². The Bertz CT molecular complexity index is 1060. The van der Waals surface area contributed by atoms with Gasteiger partial charge in [0.05, 0.1) is 11.4 Å². The van der Waals surface area contributed by atoms with Crippen LogP contribution in [0.15, 0.2) is 30.3 Å². The van der Waals surface area contributed by atoms with E-state index in [9.17, 15) is 0 Å². The van der Waals surface area contributed by atoms with Gasteiger partial charge in [-0.2, -0.15) is 0 Å². The minimum absolute atomic E-state index is 0. The summed E-state index contributed by atoms with van der Waals surface area (Å²) in [4.78, 5) is 0. The topological polar surface area (TPSA) is 30.5 Å². The van der Waals surface area contributed by atoms with E-state index < -0.39 is 16.6 Å². The van der Waals surface area contributed by atoms with Gasteiger partial charge < -0.3 is 14.2 Å². The van der Waals surface area contributed by atoms with E-state index in [0.717, 1.165) is 5.75 Å². The molecule has 1 aliphatic rings. The second-order valence-electron chi connectivity index (χ2n) is 9.80. The van der Waals surface area contributed by atoms with E-state index in [1.165, 1.54) is 37.6 Å². The first-order valence-corrected chi connectivity index (χ1v) is 15.5. The van der Waals surface area contributed by atoms with E-state index in [2.05, 4.69) is 82.6 Å². The molecule has 3 nitrogen and oxygen atoms in total. The van der Waals surface area contributed by atoms with Gasteiger partial charge in [0.25, 0.3) is 0 Å². The largest absolute Gasteiger partial charge is 0.548 e. The van der Waals surface area contributed by atoms with Gasteiger partial charge in [-0.25, -0.2) is 0 Å². The van der Waals surface area contributed by atoms with E-state index in [0.29, 0.717) is 0 Å². The molecule has 28 heavy (non-hydrogen) atoms. The molecule has 0 radical (unpaired) electrons. The Labute approximate surface area is 189 Å².